The largest absolute Gasteiger partial charge is 0.477 e. The maximum Gasteiger partial charge on any atom is 0.361 e. The normalized spacial score (nSPS) is 13.4. The molecular formula is C92H158NO8+. The van der Waals surface area contributed by atoms with Crippen molar-refractivity contribution >= 4 is 17.9 Å². The highest BCUT2D eigenvalue weighted by Gasteiger charge is 2.25. The van der Waals surface area contributed by atoms with Crippen molar-refractivity contribution in [2.45, 2.75) is 373 Å². The second-order valence-electron chi connectivity index (χ2n) is 29.0. The highest BCUT2D eigenvalue weighted by Crippen LogP contribution is 2.19. The van der Waals surface area contributed by atoms with Gasteiger partial charge in [-0.15, -0.1) is 0 Å². The van der Waals surface area contributed by atoms with Crippen LogP contribution in [0, 0.1) is 0 Å². The van der Waals surface area contributed by atoms with Gasteiger partial charge in [-0.25, -0.2) is 4.79 Å². The predicted molar refractivity (Wildman–Crippen MR) is 437 cm³/mol. The average molecular weight is 1410 g/mol. The fraction of sp³-hybridized carbons (Fsp3) is 0.707. The van der Waals surface area contributed by atoms with E-state index >= 15 is 0 Å². The first-order chi connectivity index (χ1) is 49.6. The molecule has 0 aliphatic rings. The third kappa shape index (κ3) is 82.3. The number of hydrogen-bond acceptors (Lipinski definition) is 7. The number of allylic oxidation sites excluding steroid dienone is 24. The van der Waals surface area contributed by atoms with Gasteiger partial charge in [0, 0.05) is 12.8 Å². The summed E-state index contributed by atoms with van der Waals surface area (Å²) in [5.41, 5.74) is 0. The van der Waals surface area contributed by atoms with E-state index in [9.17, 15) is 19.5 Å². The fourth-order valence-electron chi connectivity index (χ4n) is 11.8. The van der Waals surface area contributed by atoms with Crippen LogP contribution in [-0.4, -0.2) is 87.4 Å². The Labute approximate surface area is 623 Å². The van der Waals surface area contributed by atoms with Crippen LogP contribution in [0.4, 0.5) is 0 Å². The van der Waals surface area contributed by atoms with Crippen LogP contribution in [0.2, 0.25) is 0 Å². The number of likely N-dealkylation sites (N-methyl/N-ethyl adjacent to an activating group) is 1. The second kappa shape index (κ2) is 80.8. The van der Waals surface area contributed by atoms with Crippen molar-refractivity contribution in [3.63, 3.8) is 0 Å². The van der Waals surface area contributed by atoms with E-state index in [1.165, 1.54) is 212 Å². The van der Waals surface area contributed by atoms with Gasteiger partial charge in [-0.3, -0.25) is 9.59 Å². The molecule has 2 atom stereocenters. The molecule has 0 aliphatic carbocycles. The quantitative estimate of drug-likeness (QED) is 0.0211. The summed E-state index contributed by atoms with van der Waals surface area (Å²) in [5, 5.41) is 9.79. The zero-order valence-electron chi connectivity index (χ0n) is 66.3. The molecule has 0 saturated heterocycles. The molecule has 578 valence electrons. The third-order valence-electron chi connectivity index (χ3n) is 18.1. The van der Waals surface area contributed by atoms with E-state index in [-0.39, 0.29) is 32.2 Å². The molecule has 0 radical (unpaired) electrons. The van der Waals surface area contributed by atoms with Crippen molar-refractivity contribution in [3.8, 4) is 0 Å². The summed E-state index contributed by atoms with van der Waals surface area (Å²) >= 11 is 0. The molecule has 0 fully saturated rings. The lowest BCUT2D eigenvalue weighted by molar-refractivity contribution is -0.870. The maximum absolute atomic E-state index is 13.0. The number of aliphatic carboxylic acids is 1. The smallest absolute Gasteiger partial charge is 0.361 e. The molecule has 9 heteroatoms. The number of carbonyl (C=O) groups is 3. The number of unbranched alkanes of at least 4 members (excludes halogenated alkanes) is 38. The SMILES string of the molecule is CC/C=C\C/C=C\C/C=C\C/C=C\C/C=C\C/C=C\C/C=C\CCCCCCCCCCCCCCCC(=O)OC(COC(=O)CCCCCCCCCCCCCCCCCCCCCCCCCCC/C=C\C/C=C\C/C=C\C/C=C\C/C=C\CC)COC(OCC[N+](C)(C)C)C(=O)O. The van der Waals surface area contributed by atoms with Crippen molar-refractivity contribution in [2.24, 2.45) is 0 Å². The monoisotopic (exact) mass is 1410 g/mol. The van der Waals surface area contributed by atoms with Gasteiger partial charge in [0.05, 0.1) is 34.4 Å². The number of ether oxygens (including phenoxy) is 4. The molecule has 2 unspecified atom stereocenters. The zero-order chi connectivity index (χ0) is 73.2. The fourth-order valence-corrected chi connectivity index (χ4v) is 11.8. The number of carboxylic acids is 1. The van der Waals surface area contributed by atoms with E-state index in [2.05, 4.69) is 160 Å². The molecule has 0 amide bonds. The molecular weight excluding hydrogens is 1250 g/mol. The van der Waals surface area contributed by atoms with E-state index in [4.69, 9.17) is 18.9 Å². The minimum atomic E-state index is -1.52. The van der Waals surface area contributed by atoms with Gasteiger partial charge in [-0.2, -0.15) is 0 Å². The number of quaternary nitrogens is 1. The molecule has 0 saturated carbocycles. The van der Waals surface area contributed by atoms with Crippen LogP contribution in [-0.2, 0) is 33.3 Å². The Kier molecular flexibility index (Phi) is 77.0. The van der Waals surface area contributed by atoms with Crippen LogP contribution in [0.25, 0.3) is 0 Å². The molecule has 9 nitrogen and oxygen atoms in total. The maximum atomic E-state index is 13.0. The Morgan fingerprint density at radius 2 is 0.535 bits per heavy atom. The van der Waals surface area contributed by atoms with Gasteiger partial charge in [0.25, 0.3) is 6.29 Å². The molecule has 0 rings (SSSR count). The molecule has 0 spiro atoms. The van der Waals surface area contributed by atoms with Crippen molar-refractivity contribution in [2.75, 3.05) is 47.5 Å². The van der Waals surface area contributed by atoms with E-state index in [1.807, 2.05) is 21.1 Å². The molecule has 0 aromatic heterocycles. The summed E-state index contributed by atoms with van der Waals surface area (Å²) in [7, 11) is 5.99. The lowest BCUT2D eigenvalue weighted by Gasteiger charge is -2.25. The van der Waals surface area contributed by atoms with Crippen molar-refractivity contribution < 1.29 is 42.9 Å². The first kappa shape index (κ1) is 96.2. The lowest BCUT2D eigenvalue weighted by atomic mass is 10.0. The summed E-state index contributed by atoms with van der Waals surface area (Å²) in [6.07, 6.45) is 116. The van der Waals surface area contributed by atoms with Crippen molar-refractivity contribution in [1.29, 1.82) is 0 Å². The number of rotatable bonds is 77. The van der Waals surface area contributed by atoms with E-state index < -0.39 is 24.3 Å². The van der Waals surface area contributed by atoms with E-state index in [0.717, 1.165) is 116 Å². The third-order valence-corrected chi connectivity index (χ3v) is 18.1. The van der Waals surface area contributed by atoms with Gasteiger partial charge in [-0.1, -0.05) is 378 Å². The Hall–Kier alpha value is -4.83. The van der Waals surface area contributed by atoms with Crippen LogP contribution < -0.4 is 0 Å². The Morgan fingerprint density at radius 1 is 0.297 bits per heavy atom. The number of hydrogen-bond donors (Lipinski definition) is 1. The number of nitrogens with zero attached hydrogens (tertiary/aromatic N) is 1. The highest BCUT2D eigenvalue weighted by atomic mass is 16.7. The summed E-state index contributed by atoms with van der Waals surface area (Å²) in [5.74, 6) is -1.99. The molecule has 0 heterocycles. The summed E-state index contributed by atoms with van der Waals surface area (Å²) in [4.78, 5) is 37.8. The van der Waals surface area contributed by atoms with Crippen molar-refractivity contribution in [3.05, 3.63) is 146 Å². The van der Waals surface area contributed by atoms with Crippen LogP contribution in [0.5, 0.6) is 0 Å². The Bertz CT molecular complexity index is 2180. The second-order valence-corrected chi connectivity index (χ2v) is 29.0. The minimum absolute atomic E-state index is 0.184. The highest BCUT2D eigenvalue weighted by molar-refractivity contribution is 5.71. The molecule has 0 aromatic carbocycles. The van der Waals surface area contributed by atoms with Gasteiger partial charge in [-0.05, 0) is 116 Å². The van der Waals surface area contributed by atoms with Gasteiger partial charge < -0.3 is 28.5 Å². The van der Waals surface area contributed by atoms with Gasteiger partial charge in [0.2, 0.25) is 0 Å². The van der Waals surface area contributed by atoms with Gasteiger partial charge >= 0.3 is 17.9 Å². The van der Waals surface area contributed by atoms with E-state index in [0.29, 0.717) is 23.9 Å². The van der Waals surface area contributed by atoms with E-state index in [1.54, 1.807) is 0 Å². The molecule has 0 aromatic rings. The summed E-state index contributed by atoms with van der Waals surface area (Å²) in [6.45, 7) is 4.68. The number of carbonyl (C=O) groups excluding carboxylic acids is 2. The van der Waals surface area contributed by atoms with Gasteiger partial charge in [0.1, 0.15) is 13.2 Å². The van der Waals surface area contributed by atoms with Gasteiger partial charge in [0.15, 0.2) is 6.10 Å². The molecule has 1 N–H and O–H groups in total. The molecule has 0 aliphatic heterocycles. The minimum Gasteiger partial charge on any atom is -0.477 e. The average Bonchev–Trinajstić information content (AvgIpc) is 1.25. The number of carboxylic acid groups (broad SMARTS) is 1. The first-order valence-electron chi connectivity index (χ1n) is 42.0. The number of esters is 2. The standard InChI is InChI=1S/C92H157NO8/c1-6-8-10-12-14-16-18-20-22-24-26-28-30-32-34-36-38-40-42-43-44-45-46-47-49-50-52-54-56-58-60-62-64-66-68-70-72-74-76-78-80-82-89(94)99-86-88(87-100-92(91(96)97)98-85-84-93(3,4)5)101-90(95)83-81-79-77-75-73-71-69-67-65-63-61-59-57-55-53-51-48-41-39-37-35-33-31-29-27-25-23-21-19-17-15-13-11-9-7-2/h8-11,14-17,20-23,26-29,32-35,39,41,51,53,88,92H,6-7,12-13,18-19,24-25,30-31,36-38,40,42-50,52,54-87H2,1-5H3/p+1/b10-8-,11-9-,16-14-,17-15-,22-20-,23-21-,28-26-,29-27-,34-32-,35-33-,41-39-,53-51-. The Morgan fingerprint density at radius 3 is 0.792 bits per heavy atom. The first-order valence-corrected chi connectivity index (χ1v) is 42.0. The summed E-state index contributed by atoms with van der Waals surface area (Å²) in [6, 6.07) is 0. The topological polar surface area (TPSA) is 108 Å². The van der Waals surface area contributed by atoms with Crippen molar-refractivity contribution in [1.82, 2.24) is 0 Å². The van der Waals surface area contributed by atoms with Crippen LogP contribution >= 0.6 is 0 Å². The zero-order valence-corrected chi connectivity index (χ0v) is 66.3. The summed E-state index contributed by atoms with van der Waals surface area (Å²) < 4.78 is 23.1. The molecule has 0 bridgehead atoms. The lowest BCUT2D eigenvalue weighted by Crippen LogP contribution is -2.40. The molecule has 101 heavy (non-hydrogen) atoms. The van der Waals surface area contributed by atoms with Crippen LogP contribution in [0.15, 0.2) is 146 Å². The van der Waals surface area contributed by atoms with Crippen LogP contribution in [0.3, 0.4) is 0 Å². The Balaban J connectivity index is 3.99. The van der Waals surface area contributed by atoms with Crippen LogP contribution in [0.1, 0.15) is 361 Å². The predicted octanol–water partition coefficient (Wildman–Crippen LogP) is 27.4.